The van der Waals surface area contributed by atoms with Crippen molar-refractivity contribution >= 4 is 17.3 Å². The van der Waals surface area contributed by atoms with Gasteiger partial charge in [-0.2, -0.15) is 0 Å². The number of aryl methyl sites for hydroxylation is 1. The van der Waals surface area contributed by atoms with E-state index in [1.807, 2.05) is 6.92 Å². The predicted molar refractivity (Wildman–Crippen MR) is 79.6 cm³/mol. The van der Waals surface area contributed by atoms with Crippen LogP contribution in [-0.2, 0) is 0 Å². The van der Waals surface area contributed by atoms with Crippen LogP contribution in [0.15, 0.2) is 18.2 Å². The molecule has 3 heteroatoms. The van der Waals surface area contributed by atoms with E-state index in [1.54, 1.807) is 0 Å². The van der Waals surface area contributed by atoms with Gasteiger partial charge >= 0.3 is 0 Å². The molecule has 1 aliphatic heterocycles. The van der Waals surface area contributed by atoms with E-state index in [2.05, 4.69) is 42.3 Å². The molecule has 0 bridgehead atoms. The lowest BCUT2D eigenvalue weighted by molar-refractivity contribution is 0.480. The standard InChI is InChI=1S/C15H23ClN2/c1-11(2)17-9-13-6-7-18(10-13)14-5-4-12(3)15(16)8-14/h4-5,8,11,13,17H,6-7,9-10H2,1-3H3. The lowest BCUT2D eigenvalue weighted by Crippen LogP contribution is -2.30. The van der Waals surface area contributed by atoms with Gasteiger partial charge in [-0.25, -0.2) is 0 Å². The number of rotatable bonds is 4. The van der Waals surface area contributed by atoms with Crippen molar-refractivity contribution in [1.29, 1.82) is 0 Å². The van der Waals surface area contributed by atoms with E-state index in [0.717, 1.165) is 36.1 Å². The summed E-state index contributed by atoms with van der Waals surface area (Å²) in [5.41, 5.74) is 2.41. The van der Waals surface area contributed by atoms with Gasteiger partial charge < -0.3 is 10.2 Å². The Morgan fingerprint density at radius 1 is 1.44 bits per heavy atom. The van der Waals surface area contributed by atoms with Gasteiger partial charge in [0.15, 0.2) is 0 Å². The van der Waals surface area contributed by atoms with Crippen molar-refractivity contribution in [2.24, 2.45) is 5.92 Å². The third-order valence-electron chi connectivity index (χ3n) is 3.62. The van der Waals surface area contributed by atoms with Crippen LogP contribution in [0.25, 0.3) is 0 Å². The van der Waals surface area contributed by atoms with Gasteiger partial charge in [0.25, 0.3) is 0 Å². The molecule has 2 nitrogen and oxygen atoms in total. The summed E-state index contributed by atoms with van der Waals surface area (Å²) in [6.45, 7) is 9.85. The molecule has 1 fully saturated rings. The van der Waals surface area contributed by atoms with E-state index < -0.39 is 0 Å². The van der Waals surface area contributed by atoms with Gasteiger partial charge in [-0.15, -0.1) is 0 Å². The Balaban J connectivity index is 1.93. The summed E-state index contributed by atoms with van der Waals surface area (Å²) in [7, 11) is 0. The molecule has 0 aromatic heterocycles. The fourth-order valence-electron chi connectivity index (χ4n) is 2.41. The van der Waals surface area contributed by atoms with Crippen molar-refractivity contribution in [2.75, 3.05) is 24.5 Å². The summed E-state index contributed by atoms with van der Waals surface area (Å²) in [5, 5.41) is 4.40. The van der Waals surface area contributed by atoms with Gasteiger partial charge in [0.2, 0.25) is 0 Å². The zero-order valence-corrected chi connectivity index (χ0v) is 12.3. The number of benzene rings is 1. The Labute approximate surface area is 115 Å². The van der Waals surface area contributed by atoms with Crippen molar-refractivity contribution < 1.29 is 0 Å². The van der Waals surface area contributed by atoms with Crippen LogP contribution < -0.4 is 10.2 Å². The molecule has 1 saturated heterocycles. The zero-order valence-electron chi connectivity index (χ0n) is 11.5. The Hall–Kier alpha value is -0.730. The van der Waals surface area contributed by atoms with Crippen molar-refractivity contribution in [2.45, 2.75) is 33.2 Å². The van der Waals surface area contributed by atoms with Crippen molar-refractivity contribution in [3.05, 3.63) is 28.8 Å². The summed E-state index contributed by atoms with van der Waals surface area (Å²) in [6.07, 6.45) is 1.27. The second-order valence-corrected chi connectivity index (χ2v) is 6.00. The average Bonchev–Trinajstić information content (AvgIpc) is 2.79. The fourth-order valence-corrected chi connectivity index (χ4v) is 2.59. The maximum Gasteiger partial charge on any atom is 0.0455 e. The van der Waals surface area contributed by atoms with Crippen molar-refractivity contribution in [3.63, 3.8) is 0 Å². The molecule has 1 aromatic carbocycles. The van der Waals surface area contributed by atoms with E-state index in [-0.39, 0.29) is 0 Å². The van der Waals surface area contributed by atoms with Gasteiger partial charge in [-0.05, 0) is 43.5 Å². The topological polar surface area (TPSA) is 15.3 Å². The highest BCUT2D eigenvalue weighted by Crippen LogP contribution is 2.27. The molecule has 100 valence electrons. The zero-order chi connectivity index (χ0) is 13.1. The maximum absolute atomic E-state index is 6.19. The second-order valence-electron chi connectivity index (χ2n) is 5.60. The second kappa shape index (κ2) is 5.94. The number of nitrogens with zero attached hydrogens (tertiary/aromatic N) is 1. The fraction of sp³-hybridized carbons (Fsp3) is 0.600. The molecule has 1 atom stereocenters. The minimum absolute atomic E-state index is 0.577. The monoisotopic (exact) mass is 266 g/mol. The van der Waals surface area contributed by atoms with Crippen molar-refractivity contribution in [1.82, 2.24) is 5.32 Å². The first-order valence-corrected chi connectivity index (χ1v) is 7.18. The Bertz CT molecular complexity index is 403. The van der Waals surface area contributed by atoms with Crippen molar-refractivity contribution in [3.8, 4) is 0 Å². The van der Waals surface area contributed by atoms with Gasteiger partial charge in [0.05, 0.1) is 0 Å². The maximum atomic E-state index is 6.19. The average molecular weight is 267 g/mol. The van der Waals surface area contributed by atoms with E-state index in [0.29, 0.717) is 6.04 Å². The van der Waals surface area contributed by atoms with Gasteiger partial charge in [0.1, 0.15) is 0 Å². The first kappa shape index (κ1) is 13.7. The van der Waals surface area contributed by atoms with Crippen LogP contribution in [0, 0.1) is 12.8 Å². The predicted octanol–water partition coefficient (Wildman–Crippen LogP) is 3.47. The normalized spacial score (nSPS) is 19.8. The van der Waals surface area contributed by atoms with Crippen LogP contribution >= 0.6 is 11.6 Å². The quantitative estimate of drug-likeness (QED) is 0.898. The molecule has 0 aliphatic carbocycles. The summed E-state index contributed by atoms with van der Waals surface area (Å²) in [5.74, 6) is 0.757. The molecule has 0 saturated carbocycles. The Morgan fingerprint density at radius 3 is 2.89 bits per heavy atom. The summed E-state index contributed by atoms with van der Waals surface area (Å²) < 4.78 is 0. The lowest BCUT2D eigenvalue weighted by Gasteiger charge is -2.20. The molecule has 1 heterocycles. The third kappa shape index (κ3) is 3.39. The largest absolute Gasteiger partial charge is 0.371 e. The Kier molecular flexibility index (Phi) is 4.52. The smallest absolute Gasteiger partial charge is 0.0455 e. The number of hydrogen-bond acceptors (Lipinski definition) is 2. The summed E-state index contributed by atoms with van der Waals surface area (Å²) in [4.78, 5) is 2.44. The molecule has 1 N–H and O–H groups in total. The highest BCUT2D eigenvalue weighted by atomic mass is 35.5. The van der Waals surface area contributed by atoms with E-state index in [1.165, 1.54) is 12.1 Å². The van der Waals surface area contributed by atoms with Crippen LogP contribution in [0.2, 0.25) is 5.02 Å². The highest BCUT2D eigenvalue weighted by Gasteiger charge is 2.22. The number of nitrogens with one attached hydrogen (secondary N) is 1. The molecular formula is C15H23ClN2. The minimum Gasteiger partial charge on any atom is -0.371 e. The first-order valence-electron chi connectivity index (χ1n) is 6.80. The molecule has 0 amide bonds. The summed E-state index contributed by atoms with van der Waals surface area (Å²) >= 11 is 6.19. The van der Waals surface area contributed by atoms with E-state index in [4.69, 9.17) is 11.6 Å². The van der Waals surface area contributed by atoms with Crippen LogP contribution in [0.3, 0.4) is 0 Å². The highest BCUT2D eigenvalue weighted by molar-refractivity contribution is 6.31. The third-order valence-corrected chi connectivity index (χ3v) is 4.03. The number of hydrogen-bond donors (Lipinski definition) is 1. The first-order chi connectivity index (χ1) is 8.56. The number of halogens is 1. The van der Waals surface area contributed by atoms with E-state index in [9.17, 15) is 0 Å². The minimum atomic E-state index is 0.577. The SMILES string of the molecule is Cc1ccc(N2CCC(CNC(C)C)C2)cc1Cl. The van der Waals surface area contributed by atoms with Crippen LogP contribution in [0.4, 0.5) is 5.69 Å². The molecule has 0 radical (unpaired) electrons. The van der Waals surface area contributed by atoms with Gasteiger partial charge in [-0.1, -0.05) is 31.5 Å². The van der Waals surface area contributed by atoms with Crippen LogP contribution in [-0.4, -0.2) is 25.7 Å². The van der Waals surface area contributed by atoms with Crippen LogP contribution in [0.1, 0.15) is 25.8 Å². The molecular weight excluding hydrogens is 244 g/mol. The Morgan fingerprint density at radius 2 is 2.22 bits per heavy atom. The lowest BCUT2D eigenvalue weighted by atomic mass is 10.1. The molecule has 1 aromatic rings. The van der Waals surface area contributed by atoms with Gasteiger partial charge in [0, 0.05) is 29.8 Å². The number of anilines is 1. The molecule has 0 spiro atoms. The summed E-state index contributed by atoms with van der Waals surface area (Å²) in [6, 6.07) is 6.96. The molecule has 1 aliphatic rings. The van der Waals surface area contributed by atoms with Gasteiger partial charge in [-0.3, -0.25) is 0 Å². The molecule has 1 unspecified atom stereocenters. The van der Waals surface area contributed by atoms with Crippen LogP contribution in [0.5, 0.6) is 0 Å². The molecule has 2 rings (SSSR count). The molecule has 18 heavy (non-hydrogen) atoms. The van der Waals surface area contributed by atoms with E-state index >= 15 is 0 Å².